The molecule has 0 fully saturated rings. The van der Waals surface area contributed by atoms with Gasteiger partial charge in [-0.2, -0.15) is 0 Å². The van der Waals surface area contributed by atoms with Gasteiger partial charge in [-0.3, -0.25) is 4.79 Å². The lowest BCUT2D eigenvalue weighted by Crippen LogP contribution is -2.39. The number of nitrogens with one attached hydrogen (secondary N) is 1. The predicted octanol–water partition coefficient (Wildman–Crippen LogP) is 3.56. The van der Waals surface area contributed by atoms with Gasteiger partial charge in [0.1, 0.15) is 18.1 Å². The first-order valence-electron chi connectivity index (χ1n) is 7.41. The fourth-order valence-electron chi connectivity index (χ4n) is 1.97. The molecule has 0 aliphatic rings. The van der Waals surface area contributed by atoms with Crippen molar-refractivity contribution in [1.82, 2.24) is 5.32 Å². The molecule has 0 aromatic heterocycles. The summed E-state index contributed by atoms with van der Waals surface area (Å²) in [6, 6.07) is 15.3. The highest BCUT2D eigenvalue weighted by molar-refractivity contribution is 14.1. The minimum Gasteiger partial charge on any atom is -0.491 e. The van der Waals surface area contributed by atoms with Crippen LogP contribution in [0.2, 0.25) is 0 Å². The third-order valence-electron chi connectivity index (χ3n) is 3.17. The number of amides is 1. The van der Waals surface area contributed by atoms with E-state index in [2.05, 4.69) is 27.9 Å². The highest BCUT2D eigenvalue weighted by Crippen LogP contribution is 2.16. The Kier molecular flexibility index (Phi) is 6.70. The van der Waals surface area contributed by atoms with Crippen molar-refractivity contribution in [3.8, 4) is 11.5 Å². The Morgan fingerprint density at radius 2 is 1.83 bits per heavy atom. The molecule has 0 heterocycles. The zero-order chi connectivity index (χ0) is 16.7. The van der Waals surface area contributed by atoms with E-state index < -0.39 is 0 Å². The van der Waals surface area contributed by atoms with Crippen molar-refractivity contribution in [2.45, 2.75) is 19.9 Å². The normalized spacial score (nSPS) is 11.6. The zero-order valence-corrected chi connectivity index (χ0v) is 15.4. The molecule has 23 heavy (non-hydrogen) atoms. The molecule has 0 unspecified atom stereocenters. The van der Waals surface area contributed by atoms with Crippen LogP contribution in [0, 0.1) is 10.5 Å². The van der Waals surface area contributed by atoms with Gasteiger partial charge in [-0.15, -0.1) is 0 Å². The van der Waals surface area contributed by atoms with Crippen LogP contribution >= 0.6 is 22.6 Å². The van der Waals surface area contributed by atoms with E-state index in [0.29, 0.717) is 12.4 Å². The van der Waals surface area contributed by atoms with Gasteiger partial charge in [0.25, 0.3) is 5.91 Å². The third kappa shape index (κ3) is 6.09. The molecule has 0 saturated heterocycles. The van der Waals surface area contributed by atoms with E-state index in [0.717, 1.165) is 14.9 Å². The summed E-state index contributed by atoms with van der Waals surface area (Å²) >= 11 is 2.22. The number of benzene rings is 2. The molecular formula is C18H20INO3. The molecule has 0 radical (unpaired) electrons. The molecule has 1 amide bonds. The Bertz CT molecular complexity index is 643. The van der Waals surface area contributed by atoms with Crippen LogP contribution in [0.4, 0.5) is 0 Å². The number of aryl methyl sites for hydroxylation is 1. The second-order valence-electron chi connectivity index (χ2n) is 5.29. The highest BCUT2D eigenvalue weighted by atomic mass is 127. The maximum absolute atomic E-state index is 11.9. The van der Waals surface area contributed by atoms with Crippen LogP contribution in [-0.2, 0) is 4.79 Å². The molecule has 122 valence electrons. The molecule has 1 N–H and O–H groups in total. The summed E-state index contributed by atoms with van der Waals surface area (Å²) in [6.45, 7) is 4.31. The molecule has 5 heteroatoms. The van der Waals surface area contributed by atoms with Gasteiger partial charge in [0.15, 0.2) is 6.61 Å². The second-order valence-corrected chi connectivity index (χ2v) is 6.53. The number of carbonyl (C=O) groups excluding carboxylic acids is 1. The number of para-hydroxylation sites is 1. The smallest absolute Gasteiger partial charge is 0.258 e. The largest absolute Gasteiger partial charge is 0.491 e. The fourth-order valence-corrected chi connectivity index (χ4v) is 2.33. The monoisotopic (exact) mass is 425 g/mol. The van der Waals surface area contributed by atoms with E-state index in [-0.39, 0.29) is 18.6 Å². The van der Waals surface area contributed by atoms with Crippen LogP contribution in [0.25, 0.3) is 0 Å². The van der Waals surface area contributed by atoms with Gasteiger partial charge in [-0.05, 0) is 72.3 Å². The Morgan fingerprint density at radius 1 is 1.13 bits per heavy atom. The summed E-state index contributed by atoms with van der Waals surface area (Å²) in [4.78, 5) is 11.9. The molecule has 2 rings (SSSR count). The van der Waals surface area contributed by atoms with E-state index >= 15 is 0 Å². The average molecular weight is 425 g/mol. The number of hydrogen-bond acceptors (Lipinski definition) is 3. The Hall–Kier alpha value is -1.76. The molecule has 2 aromatic rings. The lowest BCUT2D eigenvalue weighted by molar-refractivity contribution is -0.123. The topological polar surface area (TPSA) is 47.6 Å². The summed E-state index contributed by atoms with van der Waals surface area (Å²) in [7, 11) is 0. The lowest BCUT2D eigenvalue weighted by Gasteiger charge is -2.16. The average Bonchev–Trinajstić information content (AvgIpc) is 2.53. The number of carbonyl (C=O) groups is 1. The van der Waals surface area contributed by atoms with Crippen LogP contribution in [-0.4, -0.2) is 25.2 Å². The van der Waals surface area contributed by atoms with Crippen molar-refractivity contribution >= 4 is 28.5 Å². The number of ether oxygens (including phenoxy) is 2. The van der Waals surface area contributed by atoms with E-state index in [1.54, 1.807) is 0 Å². The van der Waals surface area contributed by atoms with Crippen molar-refractivity contribution < 1.29 is 14.3 Å². The summed E-state index contributed by atoms with van der Waals surface area (Å²) in [5.74, 6) is 1.36. The van der Waals surface area contributed by atoms with Crippen molar-refractivity contribution in [3.05, 3.63) is 57.7 Å². The molecule has 0 bridgehead atoms. The second kappa shape index (κ2) is 8.76. The third-order valence-corrected chi connectivity index (χ3v) is 3.89. The van der Waals surface area contributed by atoms with Crippen LogP contribution in [0.5, 0.6) is 11.5 Å². The van der Waals surface area contributed by atoms with E-state index in [1.807, 2.05) is 62.4 Å². The van der Waals surface area contributed by atoms with Crippen LogP contribution in [0.3, 0.4) is 0 Å². The molecule has 0 aliphatic carbocycles. The van der Waals surface area contributed by atoms with E-state index in [1.165, 1.54) is 0 Å². The lowest BCUT2D eigenvalue weighted by atomic mass is 10.2. The molecule has 0 aliphatic heterocycles. The van der Waals surface area contributed by atoms with Crippen LogP contribution in [0.15, 0.2) is 48.5 Å². The standard InChI is InChI=1S/C18H20INO3/c1-13-5-3-4-6-17(13)23-11-14(2)20-18(21)12-22-16-9-7-15(19)8-10-16/h3-10,14H,11-12H2,1-2H3,(H,20,21)/t14-/m0/s1. The molecule has 0 spiro atoms. The van der Waals surface area contributed by atoms with Crippen LogP contribution in [0.1, 0.15) is 12.5 Å². The van der Waals surface area contributed by atoms with Crippen LogP contribution < -0.4 is 14.8 Å². The SMILES string of the molecule is Cc1ccccc1OC[C@H](C)NC(=O)COc1ccc(I)cc1. The molecular weight excluding hydrogens is 405 g/mol. The number of halogens is 1. The van der Waals surface area contributed by atoms with Crippen molar-refractivity contribution in [3.63, 3.8) is 0 Å². The Morgan fingerprint density at radius 3 is 2.52 bits per heavy atom. The maximum Gasteiger partial charge on any atom is 0.258 e. The minimum atomic E-state index is -0.163. The van der Waals surface area contributed by atoms with Crippen molar-refractivity contribution in [2.75, 3.05) is 13.2 Å². The summed E-state index contributed by atoms with van der Waals surface area (Å²) in [5.41, 5.74) is 1.08. The number of hydrogen-bond donors (Lipinski definition) is 1. The van der Waals surface area contributed by atoms with Gasteiger partial charge < -0.3 is 14.8 Å². The first-order valence-corrected chi connectivity index (χ1v) is 8.48. The van der Waals surface area contributed by atoms with Gasteiger partial charge in [0, 0.05) is 3.57 Å². The first kappa shape index (κ1) is 17.6. The highest BCUT2D eigenvalue weighted by Gasteiger charge is 2.09. The quantitative estimate of drug-likeness (QED) is 0.691. The maximum atomic E-state index is 11.9. The minimum absolute atomic E-state index is 0.00467. The summed E-state index contributed by atoms with van der Waals surface area (Å²) in [5, 5.41) is 2.86. The van der Waals surface area contributed by atoms with Gasteiger partial charge in [0.05, 0.1) is 6.04 Å². The van der Waals surface area contributed by atoms with Gasteiger partial charge in [-0.25, -0.2) is 0 Å². The molecule has 0 saturated carbocycles. The van der Waals surface area contributed by atoms with Crippen molar-refractivity contribution in [1.29, 1.82) is 0 Å². The summed E-state index contributed by atoms with van der Waals surface area (Å²) < 4.78 is 12.3. The molecule has 4 nitrogen and oxygen atoms in total. The number of rotatable bonds is 7. The zero-order valence-electron chi connectivity index (χ0n) is 13.2. The predicted molar refractivity (Wildman–Crippen MR) is 98.9 cm³/mol. The summed E-state index contributed by atoms with van der Waals surface area (Å²) in [6.07, 6.45) is 0. The molecule has 1 atom stereocenters. The Balaban J connectivity index is 1.72. The van der Waals surface area contributed by atoms with Crippen molar-refractivity contribution in [2.24, 2.45) is 0 Å². The van der Waals surface area contributed by atoms with E-state index in [9.17, 15) is 4.79 Å². The van der Waals surface area contributed by atoms with E-state index in [4.69, 9.17) is 9.47 Å². The van der Waals surface area contributed by atoms with Gasteiger partial charge in [0.2, 0.25) is 0 Å². The molecule has 2 aromatic carbocycles. The van der Waals surface area contributed by atoms with Gasteiger partial charge >= 0.3 is 0 Å². The van der Waals surface area contributed by atoms with Gasteiger partial charge in [-0.1, -0.05) is 18.2 Å². The Labute approximate surface area is 150 Å². The fraction of sp³-hybridized carbons (Fsp3) is 0.278. The first-order chi connectivity index (χ1) is 11.0.